The van der Waals surface area contributed by atoms with Crippen LogP contribution in [0, 0.1) is 11.6 Å². The van der Waals surface area contributed by atoms with Gasteiger partial charge in [0.25, 0.3) is 5.91 Å². The Bertz CT molecular complexity index is 799. The third kappa shape index (κ3) is 3.46. The number of hydrogen-bond acceptors (Lipinski definition) is 2. The van der Waals surface area contributed by atoms with Crippen molar-refractivity contribution in [1.82, 2.24) is 10.3 Å². The number of carbonyl (C=O) groups excluding carboxylic acids is 1. The quantitative estimate of drug-likeness (QED) is 0.791. The predicted molar refractivity (Wildman–Crippen MR) is 86.3 cm³/mol. The number of nitrogens with zero attached hydrogens (tertiary/aromatic N) is 1. The zero-order chi connectivity index (χ0) is 16.9. The number of carbonyl (C=O) groups is 1. The fraction of sp³-hybridized carbons (Fsp3) is 0.0526. The molecule has 0 aliphatic rings. The zero-order valence-corrected chi connectivity index (χ0v) is 12.6. The van der Waals surface area contributed by atoms with E-state index in [0.29, 0.717) is 5.69 Å². The molecule has 3 nitrogen and oxygen atoms in total. The molecule has 0 aliphatic carbocycles. The number of pyridine rings is 1. The second kappa shape index (κ2) is 7.00. The molecule has 1 aromatic heterocycles. The average Bonchev–Trinajstić information content (AvgIpc) is 2.63. The summed E-state index contributed by atoms with van der Waals surface area (Å²) in [6, 6.07) is 16.7. The van der Waals surface area contributed by atoms with Crippen molar-refractivity contribution in [2.75, 3.05) is 0 Å². The first-order valence-corrected chi connectivity index (χ1v) is 7.37. The minimum Gasteiger partial charge on any atom is -0.339 e. The summed E-state index contributed by atoms with van der Waals surface area (Å²) in [5.41, 5.74) is 1.06. The molecule has 0 spiro atoms. The summed E-state index contributed by atoms with van der Waals surface area (Å²) in [4.78, 5) is 16.7. The number of halogens is 2. The molecule has 3 aromatic rings. The van der Waals surface area contributed by atoms with Gasteiger partial charge in [-0.2, -0.15) is 0 Å². The highest BCUT2D eigenvalue weighted by molar-refractivity contribution is 5.95. The van der Waals surface area contributed by atoms with Crippen molar-refractivity contribution in [2.45, 2.75) is 6.04 Å². The van der Waals surface area contributed by atoms with Gasteiger partial charge in [0.15, 0.2) is 0 Å². The van der Waals surface area contributed by atoms with E-state index in [4.69, 9.17) is 0 Å². The van der Waals surface area contributed by atoms with Gasteiger partial charge in [-0.25, -0.2) is 8.78 Å². The van der Waals surface area contributed by atoms with E-state index in [1.807, 2.05) is 30.3 Å². The molecule has 3 rings (SSSR count). The van der Waals surface area contributed by atoms with Crippen LogP contribution in [0.25, 0.3) is 0 Å². The molecule has 1 N–H and O–H groups in total. The maximum absolute atomic E-state index is 13.8. The second-order valence-corrected chi connectivity index (χ2v) is 5.20. The Morgan fingerprint density at radius 2 is 1.71 bits per heavy atom. The van der Waals surface area contributed by atoms with Crippen molar-refractivity contribution < 1.29 is 13.6 Å². The Morgan fingerprint density at radius 1 is 0.958 bits per heavy atom. The monoisotopic (exact) mass is 324 g/mol. The minimum absolute atomic E-state index is 0.341. The topological polar surface area (TPSA) is 42.0 Å². The molecule has 1 heterocycles. The summed E-state index contributed by atoms with van der Waals surface area (Å²) in [5, 5.41) is 2.73. The van der Waals surface area contributed by atoms with Crippen LogP contribution >= 0.6 is 0 Å². The van der Waals surface area contributed by atoms with Crippen molar-refractivity contribution in [3.8, 4) is 0 Å². The van der Waals surface area contributed by atoms with Crippen LogP contribution in [-0.2, 0) is 0 Å². The molecule has 24 heavy (non-hydrogen) atoms. The van der Waals surface area contributed by atoms with E-state index >= 15 is 0 Å². The van der Waals surface area contributed by atoms with Crippen LogP contribution in [0.2, 0.25) is 0 Å². The van der Waals surface area contributed by atoms with Gasteiger partial charge >= 0.3 is 0 Å². The summed E-state index contributed by atoms with van der Waals surface area (Å²) < 4.78 is 27.2. The minimum atomic E-state index is -0.776. The highest BCUT2D eigenvalue weighted by Gasteiger charge is 2.21. The Labute approximate surface area is 138 Å². The molecule has 0 fully saturated rings. The van der Waals surface area contributed by atoms with E-state index in [-0.39, 0.29) is 5.56 Å². The van der Waals surface area contributed by atoms with Gasteiger partial charge in [-0.05, 0) is 35.9 Å². The van der Waals surface area contributed by atoms with Crippen LogP contribution in [0.1, 0.15) is 27.7 Å². The van der Waals surface area contributed by atoms with Gasteiger partial charge in [0.1, 0.15) is 11.6 Å². The van der Waals surface area contributed by atoms with Gasteiger partial charge in [-0.1, -0.05) is 36.4 Å². The molecular weight excluding hydrogens is 310 g/mol. The lowest BCUT2D eigenvalue weighted by Gasteiger charge is -2.19. The number of benzene rings is 2. The lowest BCUT2D eigenvalue weighted by molar-refractivity contribution is 0.0937. The molecule has 1 unspecified atom stereocenters. The van der Waals surface area contributed by atoms with E-state index in [1.165, 1.54) is 0 Å². The lowest BCUT2D eigenvalue weighted by Crippen LogP contribution is -2.30. The molecule has 5 heteroatoms. The Balaban J connectivity index is 1.95. The Morgan fingerprint density at radius 3 is 2.42 bits per heavy atom. The van der Waals surface area contributed by atoms with Crippen molar-refractivity contribution in [1.29, 1.82) is 0 Å². The first-order valence-electron chi connectivity index (χ1n) is 7.37. The molecule has 1 amide bonds. The highest BCUT2D eigenvalue weighted by atomic mass is 19.1. The number of amides is 1. The Hall–Kier alpha value is -3.08. The summed E-state index contributed by atoms with van der Waals surface area (Å²) >= 11 is 0. The summed E-state index contributed by atoms with van der Waals surface area (Å²) in [6.45, 7) is 0. The SMILES string of the molecule is O=C(NC(c1ccccc1)c1ccccn1)c1cc(F)ccc1F. The van der Waals surface area contributed by atoms with Crippen LogP contribution < -0.4 is 5.32 Å². The second-order valence-electron chi connectivity index (χ2n) is 5.20. The third-order valence-electron chi connectivity index (χ3n) is 3.56. The van der Waals surface area contributed by atoms with Gasteiger partial charge < -0.3 is 5.32 Å². The molecule has 2 aromatic carbocycles. The molecule has 120 valence electrons. The maximum atomic E-state index is 13.8. The standard InChI is InChI=1S/C19H14F2N2O/c20-14-9-10-16(21)15(12-14)19(24)23-18(13-6-2-1-3-7-13)17-8-4-5-11-22-17/h1-12,18H,(H,23,24). The van der Waals surface area contributed by atoms with Gasteiger partial charge in [0.05, 0.1) is 17.3 Å². The van der Waals surface area contributed by atoms with E-state index < -0.39 is 23.6 Å². The first kappa shape index (κ1) is 15.8. The molecule has 0 saturated heterocycles. The molecule has 0 saturated carbocycles. The molecule has 0 aliphatic heterocycles. The fourth-order valence-electron chi connectivity index (χ4n) is 2.40. The number of aromatic nitrogens is 1. The van der Waals surface area contributed by atoms with Crippen LogP contribution in [0.15, 0.2) is 72.9 Å². The highest BCUT2D eigenvalue weighted by Crippen LogP contribution is 2.21. The van der Waals surface area contributed by atoms with Crippen molar-refractivity contribution in [2.24, 2.45) is 0 Å². The maximum Gasteiger partial charge on any atom is 0.255 e. The normalized spacial score (nSPS) is 11.8. The van der Waals surface area contributed by atoms with Crippen LogP contribution in [0.4, 0.5) is 8.78 Å². The average molecular weight is 324 g/mol. The smallest absolute Gasteiger partial charge is 0.255 e. The number of nitrogens with one attached hydrogen (secondary N) is 1. The van der Waals surface area contributed by atoms with Crippen LogP contribution in [-0.4, -0.2) is 10.9 Å². The third-order valence-corrected chi connectivity index (χ3v) is 3.56. The number of rotatable bonds is 4. The first-order chi connectivity index (χ1) is 11.6. The van der Waals surface area contributed by atoms with Crippen molar-refractivity contribution in [3.05, 3.63) is 101 Å². The lowest BCUT2D eigenvalue weighted by atomic mass is 10.0. The van der Waals surface area contributed by atoms with Crippen LogP contribution in [0.5, 0.6) is 0 Å². The van der Waals surface area contributed by atoms with E-state index in [1.54, 1.807) is 24.4 Å². The fourth-order valence-corrected chi connectivity index (χ4v) is 2.40. The van der Waals surface area contributed by atoms with Crippen LogP contribution in [0.3, 0.4) is 0 Å². The van der Waals surface area contributed by atoms with Gasteiger partial charge in [0.2, 0.25) is 0 Å². The molecule has 0 radical (unpaired) electrons. The molecular formula is C19H14F2N2O. The predicted octanol–water partition coefficient (Wildman–Crippen LogP) is 3.88. The largest absolute Gasteiger partial charge is 0.339 e. The summed E-state index contributed by atoms with van der Waals surface area (Å²) in [7, 11) is 0. The molecule has 0 bridgehead atoms. The van der Waals surface area contributed by atoms with Gasteiger partial charge in [-0.15, -0.1) is 0 Å². The Kier molecular flexibility index (Phi) is 4.61. The summed E-state index contributed by atoms with van der Waals surface area (Å²) in [6.07, 6.45) is 1.61. The van der Waals surface area contributed by atoms with Gasteiger partial charge in [-0.3, -0.25) is 9.78 Å². The number of hydrogen-bond donors (Lipinski definition) is 1. The van der Waals surface area contributed by atoms with Gasteiger partial charge in [0, 0.05) is 6.20 Å². The van der Waals surface area contributed by atoms with E-state index in [9.17, 15) is 13.6 Å². The molecule has 1 atom stereocenters. The zero-order valence-electron chi connectivity index (χ0n) is 12.6. The van der Waals surface area contributed by atoms with E-state index in [2.05, 4.69) is 10.3 Å². The van der Waals surface area contributed by atoms with E-state index in [0.717, 1.165) is 23.8 Å². The van der Waals surface area contributed by atoms with Crippen molar-refractivity contribution in [3.63, 3.8) is 0 Å². The summed E-state index contributed by atoms with van der Waals surface area (Å²) in [5.74, 6) is -2.15. The van der Waals surface area contributed by atoms with Crippen molar-refractivity contribution >= 4 is 5.91 Å².